The van der Waals surface area contributed by atoms with Gasteiger partial charge in [0.05, 0.1) is 0 Å². The molecule has 0 amide bonds. The van der Waals surface area contributed by atoms with Gasteiger partial charge in [-0.1, -0.05) is 39.7 Å². The number of hydrogen-bond acceptors (Lipinski definition) is 3. The van der Waals surface area contributed by atoms with Crippen LogP contribution in [0.1, 0.15) is 0 Å². The number of aromatic nitrogens is 2. The zero-order valence-corrected chi connectivity index (χ0v) is 9.96. The predicted molar refractivity (Wildman–Crippen MR) is 64.6 cm³/mol. The van der Waals surface area contributed by atoms with Gasteiger partial charge in [-0.25, -0.2) is 9.97 Å². The smallest absolute Gasteiger partial charge is 0.221 e. The van der Waals surface area contributed by atoms with Gasteiger partial charge in [0, 0.05) is 16.2 Å². The Morgan fingerprint density at radius 2 is 1.87 bits per heavy atom. The summed E-state index contributed by atoms with van der Waals surface area (Å²) in [5.74, 6) is 0.181. The minimum atomic E-state index is 0.181. The van der Waals surface area contributed by atoms with Crippen molar-refractivity contribution in [1.82, 2.24) is 9.97 Å². The molecule has 5 heteroatoms. The zero-order valence-electron chi connectivity index (χ0n) is 7.61. The molecular formula is C10H7BrClN3. The summed E-state index contributed by atoms with van der Waals surface area (Å²) in [4.78, 5) is 7.80. The molecule has 0 saturated heterocycles. The summed E-state index contributed by atoms with van der Waals surface area (Å²) in [6, 6.07) is 7.74. The van der Waals surface area contributed by atoms with E-state index in [0.29, 0.717) is 5.15 Å². The molecule has 2 aromatic rings. The molecule has 0 aliphatic heterocycles. The third-order valence-corrected chi connectivity index (χ3v) is 2.73. The Hall–Kier alpha value is -1.13. The molecule has 0 unspecified atom stereocenters. The van der Waals surface area contributed by atoms with Crippen LogP contribution in [-0.2, 0) is 0 Å². The highest BCUT2D eigenvalue weighted by atomic mass is 79.9. The van der Waals surface area contributed by atoms with E-state index in [9.17, 15) is 0 Å². The maximum absolute atomic E-state index is 5.96. The standard InChI is InChI=1S/C10H7BrClN3/c11-7-3-1-6(2-4-7)8-5-14-10(13)15-9(8)12/h1-5H,(H2,13,14,15). The fourth-order valence-corrected chi connectivity index (χ4v) is 1.71. The van der Waals surface area contributed by atoms with Crippen LogP contribution in [-0.4, -0.2) is 9.97 Å². The topological polar surface area (TPSA) is 51.8 Å². The van der Waals surface area contributed by atoms with Crippen LogP contribution < -0.4 is 5.73 Å². The molecule has 3 nitrogen and oxygen atoms in total. The molecule has 2 rings (SSSR count). The first-order valence-corrected chi connectivity index (χ1v) is 5.38. The zero-order chi connectivity index (χ0) is 10.8. The van der Waals surface area contributed by atoms with Crippen LogP contribution in [0.2, 0.25) is 5.15 Å². The lowest BCUT2D eigenvalue weighted by atomic mass is 10.1. The average molecular weight is 285 g/mol. The second kappa shape index (κ2) is 4.16. The summed E-state index contributed by atoms with van der Waals surface area (Å²) in [5, 5.41) is 0.366. The van der Waals surface area contributed by atoms with Crippen molar-refractivity contribution in [3.8, 4) is 11.1 Å². The number of rotatable bonds is 1. The van der Waals surface area contributed by atoms with Gasteiger partial charge in [-0.15, -0.1) is 0 Å². The van der Waals surface area contributed by atoms with Crippen LogP contribution in [0.25, 0.3) is 11.1 Å². The molecule has 15 heavy (non-hydrogen) atoms. The first kappa shape index (κ1) is 10.4. The summed E-state index contributed by atoms with van der Waals surface area (Å²) in [6.07, 6.45) is 1.62. The number of nitrogens with two attached hydrogens (primary N) is 1. The van der Waals surface area contributed by atoms with Gasteiger partial charge in [0.15, 0.2) is 0 Å². The Morgan fingerprint density at radius 3 is 2.47 bits per heavy atom. The van der Waals surface area contributed by atoms with Gasteiger partial charge in [0.25, 0.3) is 0 Å². The minimum absolute atomic E-state index is 0.181. The molecule has 76 valence electrons. The van der Waals surface area contributed by atoms with Crippen molar-refractivity contribution in [3.63, 3.8) is 0 Å². The van der Waals surface area contributed by atoms with Crippen molar-refractivity contribution < 1.29 is 0 Å². The first-order valence-electron chi connectivity index (χ1n) is 4.21. The SMILES string of the molecule is Nc1ncc(-c2ccc(Br)cc2)c(Cl)n1. The number of nitrogens with zero attached hydrogens (tertiary/aromatic N) is 2. The Balaban J connectivity index is 2.49. The van der Waals surface area contributed by atoms with Crippen molar-refractivity contribution in [3.05, 3.63) is 40.1 Å². The van der Waals surface area contributed by atoms with Gasteiger partial charge in [-0.2, -0.15) is 0 Å². The van der Waals surface area contributed by atoms with Crippen molar-refractivity contribution in [2.75, 3.05) is 5.73 Å². The van der Waals surface area contributed by atoms with Crippen molar-refractivity contribution in [1.29, 1.82) is 0 Å². The van der Waals surface area contributed by atoms with E-state index in [2.05, 4.69) is 25.9 Å². The third kappa shape index (κ3) is 2.27. The largest absolute Gasteiger partial charge is 0.368 e. The maximum atomic E-state index is 5.96. The maximum Gasteiger partial charge on any atom is 0.221 e. The average Bonchev–Trinajstić information content (AvgIpc) is 2.20. The number of hydrogen-bond donors (Lipinski definition) is 1. The predicted octanol–water partition coefficient (Wildman–Crippen LogP) is 3.14. The molecule has 0 aliphatic carbocycles. The molecule has 1 aromatic heterocycles. The normalized spacial score (nSPS) is 10.3. The van der Waals surface area contributed by atoms with Crippen molar-refractivity contribution >= 4 is 33.5 Å². The second-order valence-corrected chi connectivity index (χ2v) is 4.21. The fourth-order valence-electron chi connectivity index (χ4n) is 1.20. The van der Waals surface area contributed by atoms with E-state index < -0.39 is 0 Å². The highest BCUT2D eigenvalue weighted by Crippen LogP contribution is 2.26. The number of benzene rings is 1. The molecule has 0 aliphatic rings. The van der Waals surface area contributed by atoms with Gasteiger partial charge in [0.1, 0.15) is 5.15 Å². The number of nitrogen functional groups attached to an aromatic ring is 1. The molecule has 0 radical (unpaired) electrons. The van der Waals surface area contributed by atoms with Gasteiger partial charge >= 0.3 is 0 Å². The molecule has 2 N–H and O–H groups in total. The van der Waals surface area contributed by atoms with Crippen LogP contribution in [0.4, 0.5) is 5.95 Å². The molecule has 0 bridgehead atoms. The summed E-state index contributed by atoms with van der Waals surface area (Å²) in [6.45, 7) is 0. The lowest BCUT2D eigenvalue weighted by Gasteiger charge is -2.03. The Morgan fingerprint density at radius 1 is 1.20 bits per heavy atom. The van der Waals surface area contributed by atoms with E-state index in [4.69, 9.17) is 17.3 Å². The first-order chi connectivity index (χ1) is 7.16. The molecule has 1 aromatic carbocycles. The van der Waals surface area contributed by atoms with Gasteiger partial charge < -0.3 is 5.73 Å². The number of halogens is 2. The summed E-state index contributed by atoms with van der Waals surface area (Å²) in [7, 11) is 0. The fraction of sp³-hybridized carbons (Fsp3) is 0. The van der Waals surface area contributed by atoms with E-state index >= 15 is 0 Å². The van der Waals surface area contributed by atoms with Crippen LogP contribution in [0.5, 0.6) is 0 Å². The van der Waals surface area contributed by atoms with Crippen LogP contribution >= 0.6 is 27.5 Å². The van der Waals surface area contributed by atoms with Crippen LogP contribution in [0, 0.1) is 0 Å². The monoisotopic (exact) mass is 283 g/mol. The Bertz CT molecular complexity index is 485. The van der Waals surface area contributed by atoms with E-state index in [1.165, 1.54) is 0 Å². The highest BCUT2D eigenvalue weighted by Gasteiger charge is 2.05. The van der Waals surface area contributed by atoms with E-state index in [1.807, 2.05) is 24.3 Å². The minimum Gasteiger partial charge on any atom is -0.368 e. The molecule has 0 spiro atoms. The Labute approximate surface area is 100 Å². The van der Waals surface area contributed by atoms with Gasteiger partial charge in [-0.3, -0.25) is 0 Å². The quantitative estimate of drug-likeness (QED) is 0.819. The summed E-state index contributed by atoms with van der Waals surface area (Å²) in [5.41, 5.74) is 7.15. The van der Waals surface area contributed by atoms with E-state index in [1.54, 1.807) is 6.20 Å². The lowest BCUT2D eigenvalue weighted by molar-refractivity contribution is 1.19. The molecule has 0 fully saturated rings. The van der Waals surface area contributed by atoms with Gasteiger partial charge in [-0.05, 0) is 17.7 Å². The highest BCUT2D eigenvalue weighted by molar-refractivity contribution is 9.10. The van der Waals surface area contributed by atoms with Crippen LogP contribution in [0.15, 0.2) is 34.9 Å². The number of anilines is 1. The van der Waals surface area contributed by atoms with Gasteiger partial charge in [0.2, 0.25) is 5.95 Å². The van der Waals surface area contributed by atoms with E-state index in [-0.39, 0.29) is 5.95 Å². The third-order valence-electron chi connectivity index (χ3n) is 1.92. The van der Waals surface area contributed by atoms with E-state index in [0.717, 1.165) is 15.6 Å². The summed E-state index contributed by atoms with van der Waals surface area (Å²) >= 11 is 9.32. The second-order valence-electron chi connectivity index (χ2n) is 2.94. The summed E-state index contributed by atoms with van der Waals surface area (Å²) < 4.78 is 1.01. The molecule has 1 heterocycles. The molecule has 0 saturated carbocycles. The van der Waals surface area contributed by atoms with Crippen molar-refractivity contribution in [2.45, 2.75) is 0 Å². The Kier molecular flexibility index (Phi) is 2.88. The lowest BCUT2D eigenvalue weighted by Crippen LogP contribution is -1.95. The molecule has 0 atom stereocenters. The van der Waals surface area contributed by atoms with Crippen molar-refractivity contribution in [2.24, 2.45) is 0 Å². The van der Waals surface area contributed by atoms with Crippen LogP contribution in [0.3, 0.4) is 0 Å². The molecular weight excluding hydrogens is 277 g/mol.